The lowest BCUT2D eigenvalue weighted by Gasteiger charge is -2.33. The van der Waals surface area contributed by atoms with Crippen LogP contribution < -0.4 is 0 Å². The SMILES string of the molecule is O=[N+]([O-])c1ccc(-c2noc(CN3CCC(C(O)c4ccccc4)CC3)n2)cc1. The Hall–Kier alpha value is -3.10. The van der Waals surface area contributed by atoms with Gasteiger partial charge in [-0.05, 0) is 49.5 Å². The molecule has 4 rings (SSSR count). The highest BCUT2D eigenvalue weighted by molar-refractivity contribution is 5.56. The Morgan fingerprint density at radius 1 is 1.14 bits per heavy atom. The molecule has 1 N–H and O–H groups in total. The highest BCUT2D eigenvalue weighted by Crippen LogP contribution is 2.31. The number of rotatable bonds is 6. The number of aliphatic hydroxyl groups excluding tert-OH is 1. The van der Waals surface area contributed by atoms with Gasteiger partial charge in [0.25, 0.3) is 5.69 Å². The second-order valence-electron chi connectivity index (χ2n) is 7.28. The van der Waals surface area contributed by atoms with E-state index in [1.807, 2.05) is 30.3 Å². The monoisotopic (exact) mass is 394 g/mol. The molecule has 29 heavy (non-hydrogen) atoms. The van der Waals surface area contributed by atoms with Crippen LogP contribution in [0.5, 0.6) is 0 Å². The minimum atomic E-state index is -0.441. The summed E-state index contributed by atoms with van der Waals surface area (Å²) in [5.41, 5.74) is 1.67. The first-order valence-corrected chi connectivity index (χ1v) is 9.63. The van der Waals surface area contributed by atoms with Crippen molar-refractivity contribution in [3.63, 3.8) is 0 Å². The lowest BCUT2D eigenvalue weighted by Crippen LogP contribution is -2.35. The summed E-state index contributed by atoms with van der Waals surface area (Å²) in [6, 6.07) is 15.9. The molecule has 2 heterocycles. The minimum absolute atomic E-state index is 0.0260. The summed E-state index contributed by atoms with van der Waals surface area (Å²) >= 11 is 0. The van der Waals surface area contributed by atoms with Crippen molar-refractivity contribution < 1.29 is 14.6 Å². The van der Waals surface area contributed by atoms with Crippen LogP contribution in [0.25, 0.3) is 11.4 Å². The molecular formula is C21H22N4O4. The van der Waals surface area contributed by atoms with Gasteiger partial charge in [-0.3, -0.25) is 15.0 Å². The van der Waals surface area contributed by atoms with Crippen LogP contribution in [0.4, 0.5) is 5.69 Å². The Morgan fingerprint density at radius 3 is 2.48 bits per heavy atom. The summed E-state index contributed by atoms with van der Waals surface area (Å²) in [6.45, 7) is 2.25. The quantitative estimate of drug-likeness (QED) is 0.503. The van der Waals surface area contributed by atoms with E-state index >= 15 is 0 Å². The zero-order valence-electron chi connectivity index (χ0n) is 15.8. The van der Waals surface area contributed by atoms with E-state index in [9.17, 15) is 15.2 Å². The summed E-state index contributed by atoms with van der Waals surface area (Å²) in [4.78, 5) is 17.0. The van der Waals surface area contributed by atoms with Gasteiger partial charge in [-0.2, -0.15) is 4.98 Å². The molecule has 1 aromatic heterocycles. The molecule has 8 nitrogen and oxygen atoms in total. The average molecular weight is 394 g/mol. The fourth-order valence-corrected chi connectivity index (χ4v) is 3.71. The molecule has 1 atom stereocenters. The second kappa shape index (κ2) is 8.50. The molecule has 1 aliphatic rings. The van der Waals surface area contributed by atoms with Gasteiger partial charge in [0.15, 0.2) is 0 Å². The van der Waals surface area contributed by atoms with E-state index in [2.05, 4.69) is 15.0 Å². The van der Waals surface area contributed by atoms with Crippen molar-refractivity contribution in [2.75, 3.05) is 13.1 Å². The van der Waals surface area contributed by atoms with E-state index < -0.39 is 11.0 Å². The van der Waals surface area contributed by atoms with Gasteiger partial charge in [0.05, 0.1) is 17.6 Å². The summed E-state index contributed by atoms with van der Waals surface area (Å²) in [7, 11) is 0. The number of benzene rings is 2. The molecule has 0 saturated carbocycles. The van der Waals surface area contributed by atoms with Crippen LogP contribution in [0.1, 0.15) is 30.4 Å². The maximum atomic E-state index is 10.8. The van der Waals surface area contributed by atoms with Crippen molar-refractivity contribution >= 4 is 5.69 Å². The Balaban J connectivity index is 1.33. The molecule has 0 spiro atoms. The fourth-order valence-electron chi connectivity index (χ4n) is 3.71. The number of nitrogens with zero attached hydrogens (tertiary/aromatic N) is 4. The number of hydrogen-bond donors (Lipinski definition) is 1. The summed E-state index contributed by atoms with van der Waals surface area (Å²) in [5, 5.41) is 25.3. The van der Waals surface area contributed by atoms with Crippen molar-refractivity contribution in [2.24, 2.45) is 5.92 Å². The first-order chi connectivity index (χ1) is 14.1. The average Bonchev–Trinajstić information content (AvgIpc) is 3.23. The summed E-state index contributed by atoms with van der Waals surface area (Å²) < 4.78 is 5.36. The number of nitro groups is 1. The second-order valence-corrected chi connectivity index (χ2v) is 7.28. The molecule has 3 aromatic rings. The van der Waals surface area contributed by atoms with Gasteiger partial charge in [0, 0.05) is 17.7 Å². The number of non-ortho nitro benzene ring substituents is 1. The van der Waals surface area contributed by atoms with Gasteiger partial charge >= 0.3 is 0 Å². The zero-order chi connectivity index (χ0) is 20.2. The zero-order valence-corrected chi connectivity index (χ0v) is 15.8. The van der Waals surface area contributed by atoms with Gasteiger partial charge in [-0.1, -0.05) is 35.5 Å². The molecular weight excluding hydrogens is 372 g/mol. The molecule has 1 unspecified atom stereocenters. The number of nitro benzene ring substituents is 1. The highest BCUT2D eigenvalue weighted by atomic mass is 16.6. The molecule has 150 valence electrons. The van der Waals surface area contributed by atoms with E-state index in [4.69, 9.17) is 4.52 Å². The molecule has 0 amide bonds. The van der Waals surface area contributed by atoms with Crippen LogP contribution in [0.15, 0.2) is 59.1 Å². The predicted octanol–water partition coefficient (Wildman–Crippen LogP) is 3.59. The molecule has 1 saturated heterocycles. The van der Waals surface area contributed by atoms with Gasteiger partial charge < -0.3 is 9.63 Å². The molecule has 0 aliphatic carbocycles. The Morgan fingerprint density at radius 2 is 1.83 bits per heavy atom. The fraction of sp³-hybridized carbons (Fsp3) is 0.333. The third kappa shape index (κ3) is 4.49. The van der Waals surface area contributed by atoms with Crippen molar-refractivity contribution in [1.82, 2.24) is 15.0 Å². The maximum Gasteiger partial charge on any atom is 0.269 e. The van der Waals surface area contributed by atoms with Gasteiger partial charge in [0.2, 0.25) is 11.7 Å². The molecule has 1 fully saturated rings. The Kier molecular flexibility index (Phi) is 5.64. The standard InChI is InChI=1S/C21H22N4O4/c26-20(15-4-2-1-3-5-15)16-10-12-24(13-11-16)14-19-22-21(23-29-19)17-6-8-18(9-7-17)25(27)28/h1-9,16,20,26H,10-14H2. The molecule has 0 radical (unpaired) electrons. The first-order valence-electron chi connectivity index (χ1n) is 9.63. The van der Waals surface area contributed by atoms with E-state index in [1.54, 1.807) is 12.1 Å². The van der Waals surface area contributed by atoms with Crippen LogP contribution in [0.2, 0.25) is 0 Å². The van der Waals surface area contributed by atoms with Crippen LogP contribution in [-0.2, 0) is 6.54 Å². The maximum absolute atomic E-state index is 10.8. The van der Waals surface area contributed by atoms with Gasteiger partial charge in [0.1, 0.15) is 0 Å². The van der Waals surface area contributed by atoms with Crippen molar-refractivity contribution in [3.8, 4) is 11.4 Å². The molecule has 0 bridgehead atoms. The molecule has 8 heteroatoms. The Labute approximate surface area is 167 Å². The van der Waals surface area contributed by atoms with Gasteiger partial charge in [-0.25, -0.2) is 0 Å². The third-order valence-electron chi connectivity index (χ3n) is 5.38. The Bertz CT molecular complexity index is 950. The van der Waals surface area contributed by atoms with Crippen LogP contribution in [-0.4, -0.2) is 38.2 Å². The first kappa shape index (κ1) is 19.2. The number of likely N-dealkylation sites (tertiary alicyclic amines) is 1. The lowest BCUT2D eigenvalue weighted by atomic mass is 9.87. The lowest BCUT2D eigenvalue weighted by molar-refractivity contribution is -0.384. The van der Waals surface area contributed by atoms with Crippen molar-refractivity contribution in [3.05, 3.63) is 76.2 Å². The number of aliphatic hydroxyl groups is 1. The van der Waals surface area contributed by atoms with E-state index in [0.29, 0.717) is 23.8 Å². The summed E-state index contributed by atoms with van der Waals surface area (Å²) in [5.74, 6) is 1.18. The predicted molar refractivity (Wildman–Crippen MR) is 106 cm³/mol. The number of aromatic nitrogens is 2. The summed E-state index contributed by atoms with van der Waals surface area (Å²) in [6.07, 6.45) is 1.37. The smallest absolute Gasteiger partial charge is 0.269 e. The number of hydrogen-bond acceptors (Lipinski definition) is 7. The van der Waals surface area contributed by atoms with E-state index in [1.165, 1.54) is 12.1 Å². The van der Waals surface area contributed by atoms with E-state index in [-0.39, 0.29) is 11.6 Å². The van der Waals surface area contributed by atoms with Crippen LogP contribution in [0, 0.1) is 16.0 Å². The largest absolute Gasteiger partial charge is 0.388 e. The third-order valence-corrected chi connectivity index (χ3v) is 5.38. The van der Waals surface area contributed by atoms with Crippen LogP contribution >= 0.6 is 0 Å². The van der Waals surface area contributed by atoms with Crippen molar-refractivity contribution in [2.45, 2.75) is 25.5 Å². The minimum Gasteiger partial charge on any atom is -0.388 e. The molecule has 1 aliphatic heterocycles. The molecule has 2 aromatic carbocycles. The highest BCUT2D eigenvalue weighted by Gasteiger charge is 2.27. The van der Waals surface area contributed by atoms with Crippen LogP contribution in [0.3, 0.4) is 0 Å². The normalized spacial score (nSPS) is 16.6. The topological polar surface area (TPSA) is 106 Å². The number of piperidine rings is 1. The van der Waals surface area contributed by atoms with E-state index in [0.717, 1.165) is 31.5 Å². The van der Waals surface area contributed by atoms with Crippen molar-refractivity contribution in [1.29, 1.82) is 0 Å². The van der Waals surface area contributed by atoms with Gasteiger partial charge in [-0.15, -0.1) is 0 Å².